The maximum absolute atomic E-state index is 14.0. The highest BCUT2D eigenvalue weighted by molar-refractivity contribution is 5.96. The number of nitrogens with two attached hydrogens (primary N) is 1. The number of aliphatic carboxylic acids is 2. The van der Waals surface area contributed by atoms with Crippen LogP contribution in [-0.4, -0.2) is 74.0 Å². The summed E-state index contributed by atoms with van der Waals surface area (Å²) in [7, 11) is 0. The van der Waals surface area contributed by atoms with Crippen molar-refractivity contribution in [3.8, 4) is 0 Å². The van der Waals surface area contributed by atoms with Crippen LogP contribution in [0.5, 0.6) is 0 Å². The maximum atomic E-state index is 14.0. The summed E-state index contributed by atoms with van der Waals surface area (Å²) in [4.78, 5) is 70.5. The highest BCUT2D eigenvalue weighted by atomic mass is 16.4. The summed E-state index contributed by atoms with van der Waals surface area (Å²) in [5, 5.41) is 28.6. The molecule has 2 heterocycles. The first-order valence-corrected chi connectivity index (χ1v) is 15.3. The number of hydrogen-bond acceptors (Lipinski definition) is 6. The lowest BCUT2D eigenvalue weighted by atomic mass is 10.0. The molecule has 2 aromatic heterocycles. The third-order valence-corrected chi connectivity index (χ3v) is 8.09. The lowest BCUT2D eigenvalue weighted by molar-refractivity contribution is -0.142. The van der Waals surface area contributed by atoms with Crippen LogP contribution in [0.15, 0.2) is 91.3 Å². The average molecular weight is 653 g/mol. The molecule has 0 bridgehead atoms. The molecular weight excluding hydrogens is 616 g/mol. The Labute approximate surface area is 274 Å². The van der Waals surface area contributed by atoms with E-state index in [-0.39, 0.29) is 19.3 Å². The first kappa shape index (κ1) is 33.4. The van der Waals surface area contributed by atoms with Crippen LogP contribution in [0.1, 0.15) is 23.1 Å². The molecule has 5 rings (SSSR count). The normalized spacial score (nSPS) is 13.7. The van der Waals surface area contributed by atoms with E-state index in [2.05, 4.69) is 25.9 Å². The van der Waals surface area contributed by atoms with Gasteiger partial charge >= 0.3 is 11.9 Å². The summed E-state index contributed by atoms with van der Waals surface area (Å²) in [5.74, 6) is -4.87. The zero-order valence-corrected chi connectivity index (χ0v) is 25.8. The smallest absolute Gasteiger partial charge is 0.326 e. The molecule has 48 heavy (non-hydrogen) atoms. The number of para-hydroxylation sites is 2. The summed E-state index contributed by atoms with van der Waals surface area (Å²) in [5.41, 5.74) is 9.50. The molecular formula is C35H36N6O7. The van der Waals surface area contributed by atoms with E-state index in [4.69, 9.17) is 10.8 Å². The summed E-state index contributed by atoms with van der Waals surface area (Å²) >= 11 is 0. The molecule has 0 spiro atoms. The quantitative estimate of drug-likeness (QED) is 0.0834. The van der Waals surface area contributed by atoms with Gasteiger partial charge in [0.15, 0.2) is 0 Å². The molecule has 0 radical (unpaired) electrons. The molecule has 3 amide bonds. The maximum Gasteiger partial charge on any atom is 0.326 e. The van der Waals surface area contributed by atoms with Gasteiger partial charge in [-0.25, -0.2) is 4.79 Å². The Hall–Kier alpha value is -5.95. The second-order valence-electron chi connectivity index (χ2n) is 11.5. The van der Waals surface area contributed by atoms with Gasteiger partial charge in [0.25, 0.3) is 0 Å². The molecule has 3 aromatic carbocycles. The summed E-state index contributed by atoms with van der Waals surface area (Å²) < 4.78 is 0. The Kier molecular flexibility index (Phi) is 10.5. The molecule has 0 fully saturated rings. The van der Waals surface area contributed by atoms with E-state index < -0.39 is 60.2 Å². The van der Waals surface area contributed by atoms with Crippen molar-refractivity contribution in [2.24, 2.45) is 5.73 Å². The van der Waals surface area contributed by atoms with Crippen LogP contribution in [-0.2, 0) is 43.2 Å². The average Bonchev–Trinajstić information content (AvgIpc) is 3.67. The number of carboxylic acid groups (broad SMARTS) is 2. The molecule has 4 unspecified atom stereocenters. The van der Waals surface area contributed by atoms with Crippen molar-refractivity contribution in [1.82, 2.24) is 25.9 Å². The zero-order chi connectivity index (χ0) is 34.2. The van der Waals surface area contributed by atoms with Crippen molar-refractivity contribution < 1.29 is 34.2 Å². The molecule has 0 aliphatic rings. The molecule has 5 aromatic rings. The predicted octanol–water partition coefficient (Wildman–Crippen LogP) is 2.02. The number of rotatable bonds is 15. The Morgan fingerprint density at radius 1 is 0.604 bits per heavy atom. The van der Waals surface area contributed by atoms with Crippen molar-refractivity contribution in [3.05, 3.63) is 108 Å². The third kappa shape index (κ3) is 8.25. The highest BCUT2D eigenvalue weighted by Gasteiger charge is 2.32. The lowest BCUT2D eigenvalue weighted by Gasteiger charge is -2.25. The van der Waals surface area contributed by atoms with Gasteiger partial charge in [0.2, 0.25) is 17.7 Å². The van der Waals surface area contributed by atoms with Crippen LogP contribution >= 0.6 is 0 Å². The van der Waals surface area contributed by atoms with Crippen molar-refractivity contribution >= 4 is 51.5 Å². The van der Waals surface area contributed by atoms with E-state index in [9.17, 15) is 29.1 Å². The topological polar surface area (TPSA) is 219 Å². The van der Waals surface area contributed by atoms with Crippen LogP contribution < -0.4 is 21.7 Å². The number of hydrogen-bond donors (Lipinski definition) is 8. The van der Waals surface area contributed by atoms with Crippen LogP contribution in [0.3, 0.4) is 0 Å². The second kappa shape index (κ2) is 15.1. The molecule has 13 heteroatoms. The minimum absolute atomic E-state index is 0.00839. The number of aromatic nitrogens is 2. The molecule has 13 nitrogen and oxygen atoms in total. The Bertz CT molecular complexity index is 1940. The van der Waals surface area contributed by atoms with E-state index in [0.29, 0.717) is 16.7 Å². The minimum atomic E-state index is -1.43. The first-order valence-electron chi connectivity index (χ1n) is 15.3. The molecule has 9 N–H and O–H groups in total. The van der Waals surface area contributed by atoms with Crippen molar-refractivity contribution in [3.63, 3.8) is 0 Å². The Balaban J connectivity index is 1.43. The Morgan fingerprint density at radius 3 is 1.56 bits per heavy atom. The third-order valence-electron chi connectivity index (χ3n) is 8.09. The van der Waals surface area contributed by atoms with E-state index in [0.717, 1.165) is 21.8 Å². The largest absolute Gasteiger partial charge is 0.481 e. The SMILES string of the molecule is NC(CC(=O)O)C(=O)NC(Cc1c[nH]c2ccccc12)C(=O)NC(Cc1c[nH]c2ccccc12)C(=O)NC(Cc1ccccc1)C(=O)O. The fourth-order valence-electron chi connectivity index (χ4n) is 5.61. The number of amides is 3. The van der Waals surface area contributed by atoms with Gasteiger partial charge in [-0.15, -0.1) is 0 Å². The van der Waals surface area contributed by atoms with Gasteiger partial charge in [0.1, 0.15) is 18.1 Å². The second-order valence-corrected chi connectivity index (χ2v) is 11.5. The van der Waals surface area contributed by atoms with Crippen LogP contribution in [0, 0.1) is 0 Å². The molecule has 0 aliphatic heterocycles. The van der Waals surface area contributed by atoms with Gasteiger partial charge in [0, 0.05) is 53.5 Å². The summed E-state index contributed by atoms with van der Waals surface area (Å²) in [6, 6.07) is 18.3. The van der Waals surface area contributed by atoms with Crippen LogP contribution in [0.2, 0.25) is 0 Å². The Morgan fingerprint density at radius 2 is 1.06 bits per heavy atom. The number of carbonyl (C=O) groups excluding carboxylic acids is 3. The molecule has 0 saturated heterocycles. The predicted molar refractivity (Wildman–Crippen MR) is 178 cm³/mol. The number of carbonyl (C=O) groups is 5. The summed E-state index contributed by atoms with van der Waals surface area (Å²) in [6.07, 6.45) is 2.74. The van der Waals surface area contributed by atoms with Crippen molar-refractivity contribution in [2.75, 3.05) is 0 Å². The molecule has 4 atom stereocenters. The lowest BCUT2D eigenvalue weighted by Crippen LogP contribution is -2.58. The van der Waals surface area contributed by atoms with Gasteiger partial charge in [-0.3, -0.25) is 19.2 Å². The number of nitrogens with one attached hydrogen (secondary N) is 5. The van der Waals surface area contributed by atoms with Gasteiger partial charge in [-0.2, -0.15) is 0 Å². The van der Waals surface area contributed by atoms with Crippen molar-refractivity contribution in [2.45, 2.75) is 49.9 Å². The minimum Gasteiger partial charge on any atom is -0.481 e. The fraction of sp³-hybridized carbons (Fsp3) is 0.229. The van der Waals surface area contributed by atoms with Gasteiger partial charge < -0.3 is 41.9 Å². The fourth-order valence-corrected chi connectivity index (χ4v) is 5.61. The standard InChI is InChI=1S/C35H36N6O7/c36-25(17-31(42)43)32(44)39-28(15-21-18-37-26-12-6-4-10-23(21)26)33(45)40-29(16-22-19-38-27-13-7-5-11-24(22)27)34(46)41-30(35(47)48)14-20-8-2-1-3-9-20/h1-13,18-19,25,28-30,37-38H,14-17,36H2,(H,39,44)(H,40,45)(H,41,46)(H,42,43)(H,47,48). The zero-order valence-electron chi connectivity index (χ0n) is 25.8. The van der Waals surface area contributed by atoms with E-state index in [1.165, 1.54) is 0 Å². The van der Waals surface area contributed by atoms with E-state index in [1.807, 2.05) is 48.5 Å². The van der Waals surface area contributed by atoms with Crippen LogP contribution in [0.25, 0.3) is 21.8 Å². The van der Waals surface area contributed by atoms with Gasteiger partial charge in [-0.05, 0) is 28.8 Å². The number of carboxylic acids is 2. The molecule has 248 valence electrons. The van der Waals surface area contributed by atoms with Gasteiger partial charge in [-0.1, -0.05) is 66.7 Å². The number of fused-ring (bicyclic) bond motifs is 2. The molecule has 0 aliphatic carbocycles. The van der Waals surface area contributed by atoms with E-state index in [1.54, 1.807) is 42.7 Å². The van der Waals surface area contributed by atoms with E-state index >= 15 is 0 Å². The number of aromatic amines is 2. The summed E-state index contributed by atoms with van der Waals surface area (Å²) in [6.45, 7) is 0. The highest BCUT2D eigenvalue weighted by Crippen LogP contribution is 2.21. The van der Waals surface area contributed by atoms with Crippen molar-refractivity contribution in [1.29, 1.82) is 0 Å². The first-order chi connectivity index (χ1) is 23.1. The monoisotopic (exact) mass is 652 g/mol. The molecule has 0 saturated carbocycles. The van der Waals surface area contributed by atoms with Crippen LogP contribution in [0.4, 0.5) is 0 Å². The number of H-pyrrole nitrogens is 2. The van der Waals surface area contributed by atoms with Gasteiger partial charge in [0.05, 0.1) is 12.5 Å². The number of benzene rings is 3.